The van der Waals surface area contributed by atoms with Crippen molar-refractivity contribution >= 4 is 46.8 Å². The van der Waals surface area contributed by atoms with Crippen molar-refractivity contribution in [1.29, 1.82) is 0 Å². The fourth-order valence-corrected chi connectivity index (χ4v) is 9.41. The number of hydrogen-bond donors (Lipinski definition) is 1. The number of thioether (sulfide) groups is 1. The minimum atomic E-state index is -0.997. The molecular weight excluding hydrogens is 594 g/mol. The van der Waals surface area contributed by atoms with Crippen LogP contribution in [0.1, 0.15) is 17.2 Å². The minimum absolute atomic E-state index is 0.0907. The molecule has 1 unspecified atom stereocenters. The Morgan fingerprint density at radius 2 is 1.57 bits per heavy atom. The van der Waals surface area contributed by atoms with Gasteiger partial charge < -0.3 is 19.8 Å². The smallest absolute Gasteiger partial charge is 0.251 e. The van der Waals surface area contributed by atoms with Crippen LogP contribution in [-0.2, 0) is 20.9 Å². The molecule has 2 saturated heterocycles. The standard InChI is InChI=1S/C35H32ClN3O4S/c36-25-14-16-26(17-15-25)38-20-8-18-35-30(33(42)39(31(35)34(38)43)27(22-40)24-11-5-2-6-12-24)29-28(44-35)13-7-19-37(32(29)41)21-23-9-3-1-4-10-23/h1-18,27-31,40H,19-22H2/t27-,28+,29-,30+,31?,35+/m1/s1. The molecule has 224 valence electrons. The average molecular weight is 626 g/mol. The van der Waals surface area contributed by atoms with Crippen molar-refractivity contribution in [3.05, 3.63) is 125 Å². The van der Waals surface area contributed by atoms with Crippen molar-refractivity contribution < 1.29 is 19.5 Å². The van der Waals surface area contributed by atoms with E-state index in [9.17, 15) is 19.5 Å². The molecule has 7 nitrogen and oxygen atoms in total. The summed E-state index contributed by atoms with van der Waals surface area (Å²) in [6.45, 7) is 0.828. The summed E-state index contributed by atoms with van der Waals surface area (Å²) in [5.74, 6) is -2.05. The van der Waals surface area contributed by atoms with Crippen LogP contribution in [0.5, 0.6) is 0 Å². The Balaban J connectivity index is 1.34. The molecule has 0 radical (unpaired) electrons. The molecule has 3 amide bonds. The number of amides is 3. The topological polar surface area (TPSA) is 81.2 Å². The van der Waals surface area contributed by atoms with E-state index in [0.29, 0.717) is 30.3 Å². The maximum absolute atomic E-state index is 14.8. The van der Waals surface area contributed by atoms with Crippen LogP contribution >= 0.6 is 23.4 Å². The van der Waals surface area contributed by atoms with Gasteiger partial charge in [0.05, 0.1) is 29.2 Å². The van der Waals surface area contributed by atoms with Gasteiger partial charge in [-0.2, -0.15) is 0 Å². The van der Waals surface area contributed by atoms with Crippen LogP contribution in [0.3, 0.4) is 0 Å². The number of aliphatic hydroxyl groups is 1. The summed E-state index contributed by atoms with van der Waals surface area (Å²) >= 11 is 7.70. The number of aliphatic hydroxyl groups excluding tert-OH is 1. The molecule has 44 heavy (non-hydrogen) atoms. The SMILES string of the molecule is O=C1[C@@H]2[C@H](C=CCN1Cc1ccccc1)S[C@]13C=CCN(c4ccc(Cl)cc4)C(=O)C1N([C@H](CO)c1ccccc1)C(=O)[C@H]23. The Morgan fingerprint density at radius 1 is 0.864 bits per heavy atom. The lowest BCUT2D eigenvalue weighted by molar-refractivity contribution is -0.145. The molecule has 1 N–H and O–H groups in total. The molecule has 4 aliphatic rings. The van der Waals surface area contributed by atoms with Crippen molar-refractivity contribution in [3.8, 4) is 0 Å². The molecule has 4 aliphatic heterocycles. The van der Waals surface area contributed by atoms with Gasteiger partial charge in [-0.05, 0) is 35.4 Å². The summed E-state index contributed by atoms with van der Waals surface area (Å²) in [7, 11) is 0. The van der Waals surface area contributed by atoms with Gasteiger partial charge in [0.25, 0.3) is 5.91 Å². The molecule has 3 aromatic rings. The predicted octanol–water partition coefficient (Wildman–Crippen LogP) is 4.87. The predicted molar refractivity (Wildman–Crippen MR) is 172 cm³/mol. The van der Waals surface area contributed by atoms with Gasteiger partial charge in [-0.15, -0.1) is 11.8 Å². The van der Waals surface area contributed by atoms with E-state index in [2.05, 4.69) is 0 Å². The molecular formula is C35H32ClN3O4S. The van der Waals surface area contributed by atoms with Crippen LogP contribution in [0.2, 0.25) is 5.02 Å². The number of halogens is 1. The van der Waals surface area contributed by atoms with Crippen molar-refractivity contribution in [2.45, 2.75) is 28.6 Å². The van der Waals surface area contributed by atoms with Crippen LogP contribution in [0.15, 0.2) is 109 Å². The number of anilines is 1. The van der Waals surface area contributed by atoms with Gasteiger partial charge >= 0.3 is 0 Å². The summed E-state index contributed by atoms with van der Waals surface area (Å²) in [5.41, 5.74) is 2.41. The van der Waals surface area contributed by atoms with E-state index in [4.69, 9.17) is 11.6 Å². The highest BCUT2D eigenvalue weighted by molar-refractivity contribution is 8.02. The second-order valence-electron chi connectivity index (χ2n) is 11.7. The van der Waals surface area contributed by atoms with Gasteiger partial charge in [-0.3, -0.25) is 14.4 Å². The third-order valence-corrected chi connectivity index (χ3v) is 11.2. The average Bonchev–Trinajstić information content (AvgIpc) is 3.36. The highest BCUT2D eigenvalue weighted by Crippen LogP contribution is 2.62. The third kappa shape index (κ3) is 4.67. The summed E-state index contributed by atoms with van der Waals surface area (Å²) < 4.78 is -0.997. The summed E-state index contributed by atoms with van der Waals surface area (Å²) in [5, 5.41) is 11.1. The van der Waals surface area contributed by atoms with Gasteiger partial charge in [0.1, 0.15) is 6.04 Å². The van der Waals surface area contributed by atoms with E-state index in [1.165, 1.54) is 11.8 Å². The fraction of sp³-hybridized carbons (Fsp3) is 0.286. The molecule has 7 rings (SSSR count). The number of hydrogen-bond acceptors (Lipinski definition) is 5. The summed E-state index contributed by atoms with van der Waals surface area (Å²) in [4.78, 5) is 49.1. The highest BCUT2D eigenvalue weighted by Gasteiger charge is 2.72. The number of carbonyl (C=O) groups is 3. The number of likely N-dealkylation sites (tertiary alicyclic amines) is 1. The highest BCUT2D eigenvalue weighted by atomic mass is 35.5. The van der Waals surface area contributed by atoms with Crippen LogP contribution in [0, 0.1) is 11.8 Å². The first-order chi connectivity index (χ1) is 21.4. The van der Waals surface area contributed by atoms with Crippen LogP contribution in [-0.4, -0.2) is 68.4 Å². The number of benzene rings is 3. The monoisotopic (exact) mass is 625 g/mol. The van der Waals surface area contributed by atoms with Crippen molar-refractivity contribution in [1.82, 2.24) is 9.80 Å². The molecule has 1 spiro atoms. The van der Waals surface area contributed by atoms with Crippen molar-refractivity contribution in [2.75, 3.05) is 24.6 Å². The zero-order chi connectivity index (χ0) is 30.4. The van der Waals surface area contributed by atoms with Crippen molar-refractivity contribution in [3.63, 3.8) is 0 Å². The number of carbonyl (C=O) groups excluding carboxylic acids is 3. The van der Waals surface area contributed by atoms with Gasteiger partial charge in [0.15, 0.2) is 0 Å². The second-order valence-corrected chi connectivity index (χ2v) is 13.6. The molecule has 0 bridgehead atoms. The van der Waals surface area contributed by atoms with Gasteiger partial charge in [-0.25, -0.2) is 0 Å². The number of rotatable bonds is 6. The van der Waals surface area contributed by atoms with E-state index >= 15 is 0 Å². The lowest BCUT2D eigenvalue weighted by Gasteiger charge is -2.38. The van der Waals surface area contributed by atoms with Gasteiger partial charge in [0, 0.05) is 35.6 Å². The van der Waals surface area contributed by atoms with E-state index in [1.807, 2.05) is 89.9 Å². The van der Waals surface area contributed by atoms with Crippen molar-refractivity contribution in [2.24, 2.45) is 11.8 Å². The van der Waals surface area contributed by atoms with Crippen LogP contribution in [0.4, 0.5) is 5.69 Å². The van der Waals surface area contributed by atoms with Gasteiger partial charge in [-0.1, -0.05) is 96.6 Å². The first-order valence-electron chi connectivity index (χ1n) is 14.8. The number of nitrogens with zero attached hydrogens (tertiary/aromatic N) is 3. The molecule has 2 fully saturated rings. The molecule has 0 saturated carbocycles. The summed E-state index contributed by atoms with van der Waals surface area (Å²) in [6.07, 6.45) is 7.99. The molecule has 6 atom stereocenters. The Bertz CT molecular complexity index is 1630. The Labute approximate surface area is 265 Å². The quantitative estimate of drug-likeness (QED) is 0.396. The maximum atomic E-state index is 14.8. The summed E-state index contributed by atoms with van der Waals surface area (Å²) in [6, 6.07) is 24.5. The largest absolute Gasteiger partial charge is 0.394 e. The molecule has 4 heterocycles. The minimum Gasteiger partial charge on any atom is -0.394 e. The zero-order valence-corrected chi connectivity index (χ0v) is 25.5. The van der Waals surface area contributed by atoms with E-state index in [0.717, 1.165) is 11.1 Å². The van der Waals surface area contributed by atoms with E-state index < -0.39 is 28.7 Å². The Hall–Kier alpha value is -3.85. The van der Waals surface area contributed by atoms with Crippen LogP contribution < -0.4 is 4.90 Å². The first kappa shape index (κ1) is 28.9. The molecule has 9 heteroatoms. The molecule has 0 aliphatic carbocycles. The second kappa shape index (κ2) is 11.6. The zero-order valence-electron chi connectivity index (χ0n) is 23.9. The normalized spacial score (nSPS) is 28.4. The lowest BCUT2D eigenvalue weighted by atomic mass is 9.78. The number of fused-ring (bicyclic) bond motifs is 2. The van der Waals surface area contributed by atoms with E-state index in [1.54, 1.807) is 34.1 Å². The molecule has 0 aromatic heterocycles. The van der Waals surface area contributed by atoms with Crippen LogP contribution in [0.25, 0.3) is 0 Å². The van der Waals surface area contributed by atoms with Gasteiger partial charge in [0.2, 0.25) is 11.8 Å². The fourth-order valence-electron chi connectivity index (χ4n) is 7.29. The first-order valence-corrected chi connectivity index (χ1v) is 16.1. The lowest BCUT2D eigenvalue weighted by Crippen LogP contribution is -2.54. The third-order valence-electron chi connectivity index (χ3n) is 9.23. The molecule has 3 aromatic carbocycles. The Kier molecular flexibility index (Phi) is 7.60. The maximum Gasteiger partial charge on any atom is 0.251 e. The van der Waals surface area contributed by atoms with E-state index in [-0.39, 0.29) is 29.6 Å². The Morgan fingerprint density at radius 3 is 2.27 bits per heavy atom.